The summed E-state index contributed by atoms with van der Waals surface area (Å²) in [7, 11) is 1.95. The molecule has 1 aliphatic heterocycles. The fourth-order valence-corrected chi connectivity index (χ4v) is 4.01. The smallest absolute Gasteiger partial charge is 0.106 e. The van der Waals surface area contributed by atoms with Gasteiger partial charge in [0, 0.05) is 26.7 Å². The molecule has 0 amide bonds. The molecule has 0 bridgehead atoms. The molecule has 22 heavy (non-hydrogen) atoms. The van der Waals surface area contributed by atoms with E-state index >= 15 is 0 Å². The molecule has 116 valence electrons. The largest absolute Gasteiger partial charge is 0.368 e. The monoisotopic (exact) mass is 317 g/mol. The zero-order valence-corrected chi connectivity index (χ0v) is 13.5. The zero-order chi connectivity index (χ0) is 15.2. The van der Waals surface area contributed by atoms with Gasteiger partial charge >= 0.3 is 0 Å². The van der Waals surface area contributed by atoms with E-state index in [0.29, 0.717) is 0 Å². The van der Waals surface area contributed by atoms with Crippen molar-refractivity contribution in [2.75, 3.05) is 19.7 Å². The van der Waals surface area contributed by atoms with Gasteiger partial charge in [0.15, 0.2) is 0 Å². The third-order valence-corrected chi connectivity index (χ3v) is 5.27. The Hall–Kier alpha value is -1.36. The minimum atomic E-state index is -0.139. The van der Waals surface area contributed by atoms with Crippen molar-refractivity contribution in [3.8, 4) is 0 Å². The molecule has 2 aliphatic rings. The number of nitrogens with zero attached hydrogens (tertiary/aromatic N) is 3. The molecule has 4 rings (SSSR count). The van der Waals surface area contributed by atoms with Crippen molar-refractivity contribution in [2.24, 2.45) is 7.05 Å². The number of hydrogen-bond acceptors (Lipinski definition) is 3. The highest BCUT2D eigenvalue weighted by molar-refractivity contribution is 6.31. The zero-order valence-electron chi connectivity index (χ0n) is 12.8. The van der Waals surface area contributed by atoms with Gasteiger partial charge in [0.1, 0.15) is 5.60 Å². The fraction of sp³-hybridized carbons (Fsp3) is 0.471. The molecule has 1 spiro atoms. The van der Waals surface area contributed by atoms with Crippen LogP contribution in [0.5, 0.6) is 0 Å². The Morgan fingerprint density at radius 3 is 3.05 bits per heavy atom. The Balaban J connectivity index is 1.58. The molecule has 1 unspecified atom stereocenters. The maximum absolute atomic E-state index is 6.27. The highest BCUT2D eigenvalue weighted by atomic mass is 35.5. The second-order valence-electron chi connectivity index (χ2n) is 6.27. The van der Waals surface area contributed by atoms with Crippen LogP contribution in [-0.2, 0) is 30.4 Å². The summed E-state index contributed by atoms with van der Waals surface area (Å²) in [5.41, 5.74) is 3.74. The lowest BCUT2D eigenvalue weighted by molar-refractivity contribution is -0.116. The third kappa shape index (κ3) is 2.26. The van der Waals surface area contributed by atoms with Crippen molar-refractivity contribution in [1.29, 1.82) is 0 Å². The first kappa shape index (κ1) is 14.2. The number of morpholine rings is 1. The van der Waals surface area contributed by atoms with E-state index in [1.165, 1.54) is 11.1 Å². The van der Waals surface area contributed by atoms with Crippen LogP contribution < -0.4 is 0 Å². The van der Waals surface area contributed by atoms with Gasteiger partial charge in [-0.2, -0.15) is 5.10 Å². The van der Waals surface area contributed by atoms with Crippen LogP contribution in [0.4, 0.5) is 0 Å². The Labute approximate surface area is 135 Å². The van der Waals surface area contributed by atoms with Gasteiger partial charge in [-0.05, 0) is 24.0 Å². The quantitative estimate of drug-likeness (QED) is 0.853. The lowest BCUT2D eigenvalue weighted by Crippen LogP contribution is -2.48. The topological polar surface area (TPSA) is 30.3 Å². The number of benzene rings is 1. The summed E-state index contributed by atoms with van der Waals surface area (Å²) in [6, 6.07) is 8.69. The van der Waals surface area contributed by atoms with Crippen LogP contribution in [0.25, 0.3) is 0 Å². The third-order valence-electron chi connectivity index (χ3n) is 4.96. The highest BCUT2D eigenvalue weighted by Crippen LogP contribution is 2.42. The molecular weight excluding hydrogens is 298 g/mol. The minimum Gasteiger partial charge on any atom is -0.368 e. The number of halogens is 1. The van der Waals surface area contributed by atoms with Gasteiger partial charge in [0.05, 0.1) is 23.5 Å². The maximum Gasteiger partial charge on any atom is 0.106 e. The van der Waals surface area contributed by atoms with Crippen molar-refractivity contribution in [3.05, 3.63) is 52.3 Å². The summed E-state index contributed by atoms with van der Waals surface area (Å²) in [5.74, 6) is 0. The van der Waals surface area contributed by atoms with Gasteiger partial charge in [-0.25, -0.2) is 0 Å². The first-order valence-electron chi connectivity index (χ1n) is 7.79. The second kappa shape index (κ2) is 5.37. The Kier molecular flexibility index (Phi) is 3.48. The molecule has 0 N–H and O–H groups in total. The van der Waals surface area contributed by atoms with E-state index in [-0.39, 0.29) is 5.60 Å². The molecule has 2 aromatic rings. The van der Waals surface area contributed by atoms with E-state index in [4.69, 9.17) is 16.3 Å². The van der Waals surface area contributed by atoms with Gasteiger partial charge in [-0.15, -0.1) is 0 Å². The normalized spacial score (nSPS) is 24.8. The maximum atomic E-state index is 6.27. The van der Waals surface area contributed by atoms with Crippen molar-refractivity contribution >= 4 is 11.6 Å². The summed E-state index contributed by atoms with van der Waals surface area (Å²) >= 11 is 6.26. The highest BCUT2D eigenvalue weighted by Gasteiger charge is 2.43. The average Bonchev–Trinajstić information content (AvgIpc) is 3.04. The second-order valence-corrected chi connectivity index (χ2v) is 6.68. The summed E-state index contributed by atoms with van der Waals surface area (Å²) in [6.45, 7) is 3.45. The molecule has 0 radical (unpaired) electrons. The van der Waals surface area contributed by atoms with Crippen molar-refractivity contribution in [1.82, 2.24) is 14.7 Å². The molecule has 1 aromatic heterocycles. The lowest BCUT2D eigenvalue weighted by Gasteiger charge is -2.41. The number of fused-ring (bicyclic) bond motifs is 2. The number of aromatic nitrogens is 2. The van der Waals surface area contributed by atoms with Crippen molar-refractivity contribution in [3.63, 3.8) is 0 Å². The van der Waals surface area contributed by atoms with Crippen LogP contribution in [-0.4, -0.2) is 34.4 Å². The summed E-state index contributed by atoms with van der Waals surface area (Å²) in [6.07, 6.45) is 3.90. The molecule has 1 aromatic carbocycles. The fourth-order valence-electron chi connectivity index (χ4n) is 3.78. The minimum absolute atomic E-state index is 0.139. The Morgan fingerprint density at radius 1 is 1.36 bits per heavy atom. The number of aryl methyl sites for hydroxylation is 2. The van der Waals surface area contributed by atoms with Gasteiger partial charge in [-0.3, -0.25) is 9.58 Å². The first-order chi connectivity index (χ1) is 10.7. The summed E-state index contributed by atoms with van der Waals surface area (Å²) in [4.78, 5) is 2.44. The lowest BCUT2D eigenvalue weighted by atomic mass is 9.93. The van der Waals surface area contributed by atoms with Crippen LogP contribution in [0.1, 0.15) is 23.2 Å². The summed E-state index contributed by atoms with van der Waals surface area (Å²) < 4.78 is 8.13. The molecule has 5 heteroatoms. The van der Waals surface area contributed by atoms with Crippen LogP contribution in [0.2, 0.25) is 5.02 Å². The SMILES string of the molecule is Cn1ncc(Cl)c1CN1CCOC2(CCc3ccccc32)C1. The number of rotatable bonds is 2. The van der Waals surface area contributed by atoms with Crippen molar-refractivity contribution in [2.45, 2.75) is 25.0 Å². The van der Waals surface area contributed by atoms with Crippen molar-refractivity contribution < 1.29 is 4.74 Å². The molecule has 1 saturated heterocycles. The Morgan fingerprint density at radius 2 is 2.23 bits per heavy atom. The van der Waals surface area contributed by atoms with Gasteiger partial charge in [0.2, 0.25) is 0 Å². The predicted molar refractivity (Wildman–Crippen MR) is 85.9 cm³/mol. The van der Waals surface area contributed by atoms with E-state index in [2.05, 4.69) is 34.3 Å². The van der Waals surface area contributed by atoms with Crippen LogP contribution in [0.15, 0.2) is 30.5 Å². The van der Waals surface area contributed by atoms with E-state index in [0.717, 1.165) is 49.8 Å². The average molecular weight is 318 g/mol. The van der Waals surface area contributed by atoms with Gasteiger partial charge in [-0.1, -0.05) is 35.9 Å². The molecular formula is C17H20ClN3O. The molecule has 1 atom stereocenters. The molecule has 4 nitrogen and oxygen atoms in total. The van der Waals surface area contributed by atoms with E-state index in [1.807, 2.05) is 11.7 Å². The Bertz CT molecular complexity index is 675. The summed E-state index contributed by atoms with van der Waals surface area (Å²) in [5, 5.41) is 4.98. The van der Waals surface area contributed by atoms with Crippen LogP contribution >= 0.6 is 11.6 Å². The van der Waals surface area contributed by atoms with Gasteiger partial charge in [0.25, 0.3) is 0 Å². The van der Waals surface area contributed by atoms with E-state index in [9.17, 15) is 0 Å². The number of hydrogen-bond donors (Lipinski definition) is 0. The van der Waals surface area contributed by atoms with Crippen LogP contribution in [0, 0.1) is 0 Å². The predicted octanol–water partition coefficient (Wildman–Crippen LogP) is 2.75. The molecule has 2 heterocycles. The van der Waals surface area contributed by atoms with Gasteiger partial charge < -0.3 is 4.74 Å². The molecule has 1 aliphatic carbocycles. The number of ether oxygens (including phenoxy) is 1. The molecule has 1 fully saturated rings. The molecule has 0 saturated carbocycles. The standard InChI is InChI=1S/C17H20ClN3O/c1-20-16(15(18)10-19-20)11-21-8-9-22-17(12-21)7-6-13-4-2-3-5-14(13)17/h2-5,10H,6-9,11-12H2,1H3. The van der Waals surface area contributed by atoms with E-state index in [1.54, 1.807) is 6.20 Å². The van der Waals surface area contributed by atoms with E-state index < -0.39 is 0 Å². The first-order valence-corrected chi connectivity index (χ1v) is 8.17. The van der Waals surface area contributed by atoms with Crippen LogP contribution in [0.3, 0.4) is 0 Å².